The van der Waals surface area contributed by atoms with E-state index in [0.717, 1.165) is 24.3 Å². The number of fused-ring (bicyclic) bond motifs is 3. The molecule has 0 amide bonds. The summed E-state index contributed by atoms with van der Waals surface area (Å²) < 4.78 is 56.4. The zero-order chi connectivity index (χ0) is 61.6. The Morgan fingerprint density at radius 2 is 0.475 bits per heavy atom. The topological polar surface area (TPSA) is 100 Å². The molecule has 2 spiro atoms. The normalized spacial score (nSPS) is 21.5. The van der Waals surface area contributed by atoms with Gasteiger partial charge in [0.25, 0.3) is 0 Å². The third-order valence-electron chi connectivity index (χ3n) is 30.0. The molecule has 1 aliphatic heterocycles. The first-order valence-electron chi connectivity index (χ1n) is 36.2. The molecule has 5 aliphatic carbocycles. The number of ether oxygens (including phenoxy) is 9. The van der Waals surface area contributed by atoms with Crippen LogP contribution < -0.4 is 18.9 Å². The first kappa shape index (κ1) is 45.1. The fourth-order valence-corrected chi connectivity index (χ4v) is 28.6. The number of hydrogen-bond acceptors (Lipinski definition) is 10. The molecule has 1 heterocycles. The van der Waals surface area contributed by atoms with Crippen LogP contribution >= 0.6 is 0 Å². The summed E-state index contributed by atoms with van der Waals surface area (Å²) in [5.41, 5.74) is 9.05. The lowest BCUT2D eigenvalue weighted by Gasteiger charge is -2.57. The molecule has 0 N–H and O–H groups in total. The number of carbonyl (C=O) groups is 1. The predicted molar refractivity (Wildman–Crippen MR) is 395 cm³/mol. The second-order valence-corrected chi connectivity index (χ2v) is 32.2. The summed E-state index contributed by atoms with van der Waals surface area (Å²) in [6.45, 7) is 6.28. The highest BCUT2D eigenvalue weighted by atomic mass is 16.6. The van der Waals surface area contributed by atoms with Crippen molar-refractivity contribution in [1.82, 2.24) is 0 Å². The Labute approximate surface area is 549 Å². The van der Waals surface area contributed by atoms with Crippen LogP contribution in [0.1, 0.15) is 50.7 Å². The van der Waals surface area contributed by atoms with Crippen LogP contribution in [0.4, 0.5) is 0 Å². The lowest BCUT2D eigenvalue weighted by atomic mass is 9.43. The van der Waals surface area contributed by atoms with Crippen molar-refractivity contribution >= 4 is 297 Å². The van der Waals surface area contributed by atoms with Crippen LogP contribution in [0.5, 0.6) is 23.0 Å². The second-order valence-electron chi connectivity index (χ2n) is 32.2. The Kier molecular flexibility index (Phi) is 5.70. The third kappa shape index (κ3) is 3.38. The number of esters is 1. The quantitative estimate of drug-likeness (QED) is 0.123. The van der Waals surface area contributed by atoms with Gasteiger partial charge in [0.15, 0.2) is 23.0 Å². The van der Waals surface area contributed by atoms with Crippen LogP contribution in [0.2, 0.25) is 0 Å². The highest BCUT2D eigenvalue weighted by Crippen LogP contribution is 2.86. The second kappa shape index (κ2) is 12.5. The fourth-order valence-electron chi connectivity index (χ4n) is 28.6. The highest BCUT2D eigenvalue weighted by Gasteiger charge is 2.71. The molecule has 30 aromatic carbocycles. The molecule has 0 saturated carbocycles. The first-order valence-corrected chi connectivity index (χ1v) is 36.2. The van der Waals surface area contributed by atoms with Crippen molar-refractivity contribution in [3.63, 3.8) is 0 Å². The van der Waals surface area contributed by atoms with Crippen molar-refractivity contribution in [2.24, 2.45) is 0 Å². The van der Waals surface area contributed by atoms with Crippen LogP contribution in [-0.2, 0) is 47.4 Å². The first-order chi connectivity index (χ1) is 49.2. The molecular weight excluding hydrogens is 1230 g/mol. The Hall–Kier alpha value is -10.6. The Morgan fingerprint density at radius 3 is 0.707 bits per heavy atom. The molecule has 0 saturated heterocycles. The maximum atomic E-state index is 12.7. The molecule has 30 aromatic rings. The fraction of sp³-hybridized carbons (Fsp3) is 0.202. The van der Waals surface area contributed by atoms with Crippen molar-refractivity contribution in [3.05, 3.63) is 69.3 Å². The molecule has 36 rings (SSSR count). The van der Waals surface area contributed by atoms with Gasteiger partial charge in [0.05, 0.1) is 65.0 Å². The van der Waals surface area contributed by atoms with Crippen LogP contribution in [0.3, 0.4) is 0 Å². The van der Waals surface area contributed by atoms with E-state index in [1.165, 1.54) is 11.1 Å². The van der Waals surface area contributed by atoms with Crippen molar-refractivity contribution in [2.45, 2.75) is 30.6 Å². The summed E-state index contributed by atoms with van der Waals surface area (Å²) in [7, 11) is 0. The highest BCUT2D eigenvalue weighted by molar-refractivity contribution is 6.82. The molecule has 0 fully saturated rings. The van der Waals surface area contributed by atoms with Gasteiger partial charge in [0.2, 0.25) is 0 Å². The molecule has 10 heteroatoms. The Bertz CT molecular complexity index is 8370. The van der Waals surface area contributed by atoms with E-state index in [1.807, 2.05) is 0 Å². The lowest BCUT2D eigenvalue weighted by molar-refractivity contribution is 0.0223. The summed E-state index contributed by atoms with van der Waals surface area (Å²) in [5.74, 6) is 2.05. The number of carbonyl (C=O) groups excluding carboxylic acids is 1. The van der Waals surface area contributed by atoms with E-state index in [-0.39, 0.29) is 19.8 Å². The van der Waals surface area contributed by atoms with Crippen LogP contribution in [0.15, 0.2) is 30.3 Å². The Balaban J connectivity index is 0.650. The van der Waals surface area contributed by atoms with Crippen molar-refractivity contribution in [1.29, 1.82) is 0 Å². The van der Waals surface area contributed by atoms with Gasteiger partial charge < -0.3 is 42.6 Å². The molecule has 0 radical (unpaired) electrons. The van der Waals surface area contributed by atoms with Gasteiger partial charge in [-0.15, -0.1) is 0 Å². The van der Waals surface area contributed by atoms with E-state index in [9.17, 15) is 4.79 Å². The number of hydrogen-bond donors (Lipinski definition) is 0. The smallest absolute Gasteiger partial charge is 0.338 e. The average molecular weight is 1270 g/mol. The largest absolute Gasteiger partial charge is 0.487 e. The van der Waals surface area contributed by atoms with Gasteiger partial charge in [-0.2, -0.15) is 0 Å². The minimum atomic E-state index is -0.422. The van der Waals surface area contributed by atoms with Crippen LogP contribution in [0.25, 0.3) is 291 Å². The summed E-state index contributed by atoms with van der Waals surface area (Å²) in [4.78, 5) is 12.7. The number of rotatable bonds is 2. The van der Waals surface area contributed by atoms with E-state index >= 15 is 0 Å². The minimum absolute atomic E-state index is 0.253. The standard InChI is InChI=1S/C89H38O10/c1-2-95-87(90)22-3-4-25-26(17-22)97-14-10-92-7-8-94-12-16-99-28-19-24-21-89-85-77-69-59-49-41-33-30-29-31-35-37(33)45-51-43(35)53-47-39(31)40-32(29)36-38-34(30)42(41)50-56-46(38)52-44(36)54-48(40)58-57(47)67-61(53)71-65(51)73(63(69)55(45)49)81(85)79(71)83-75(67)76-68(58)62(54)72-66(52)74-64(56)70(60(50)59)78(77)86(89)82(74)80(72)84(76)88(83,89)20-23(24)18-27(28)98-15-11-93-6-5-91-9-13-96-25/h3-4,17-19H,2,5-16,20-21H2,1H3. The van der Waals surface area contributed by atoms with Gasteiger partial charge in [-0.3, -0.25) is 0 Å². The van der Waals surface area contributed by atoms with E-state index in [1.54, 1.807) is 338 Å². The molecule has 0 bridgehead atoms. The van der Waals surface area contributed by atoms with Gasteiger partial charge >= 0.3 is 5.97 Å². The van der Waals surface area contributed by atoms with Crippen molar-refractivity contribution < 1.29 is 47.4 Å². The van der Waals surface area contributed by atoms with E-state index in [2.05, 4.69) is 12.1 Å². The molecule has 6 aliphatic rings. The summed E-state index contributed by atoms with van der Waals surface area (Å²) in [5, 5.41) is 87.3. The molecule has 454 valence electrons. The molecule has 0 unspecified atom stereocenters. The summed E-state index contributed by atoms with van der Waals surface area (Å²) in [6.07, 6.45) is 1.75. The SMILES string of the molecule is CCOC(=O)c1ccc2c(c1)OCCOCCOCCOc1cc3c(cc1OCCOCCOCCO2)CC12c4c5c6c7c8c9c(c%10c%11c1c1c4c4c%12c5c5c6c6c8c8c%13c9c9c%10c%10c%11c%11c1c1c4c4c%12c%12c5c5c6c8c6c8c%13c9c9c%10c%10c%11c1c1c4c4c%12c5c6c5c8c9c%10c1c45)C72C3. The predicted octanol–water partition coefficient (Wildman–Crippen LogP) is 19.6. The minimum Gasteiger partial charge on any atom is -0.487 e. The van der Waals surface area contributed by atoms with Gasteiger partial charge in [0, 0.05) is 10.8 Å². The monoisotopic (exact) mass is 1270 g/mol. The summed E-state index contributed by atoms with van der Waals surface area (Å²) in [6, 6.07) is 9.95. The Morgan fingerprint density at radius 1 is 0.273 bits per heavy atom. The summed E-state index contributed by atoms with van der Waals surface area (Å²) >= 11 is 0. The molecule has 0 atom stereocenters. The van der Waals surface area contributed by atoms with Crippen molar-refractivity contribution in [2.75, 3.05) is 85.9 Å². The van der Waals surface area contributed by atoms with Gasteiger partial charge in [0.1, 0.15) is 26.4 Å². The number of benzene rings is 20. The molecule has 10 nitrogen and oxygen atoms in total. The van der Waals surface area contributed by atoms with Gasteiger partial charge in [-0.1, -0.05) is 0 Å². The van der Waals surface area contributed by atoms with E-state index in [4.69, 9.17) is 42.6 Å². The zero-order valence-corrected chi connectivity index (χ0v) is 52.6. The van der Waals surface area contributed by atoms with Crippen molar-refractivity contribution in [3.8, 4) is 23.0 Å². The average Bonchev–Trinajstić information content (AvgIpc) is 1.38. The maximum Gasteiger partial charge on any atom is 0.338 e. The molecule has 0 aromatic heterocycles. The van der Waals surface area contributed by atoms with Gasteiger partial charge in [-0.25, -0.2) is 4.79 Å². The third-order valence-corrected chi connectivity index (χ3v) is 30.0. The molecule has 99 heavy (non-hydrogen) atoms. The maximum absolute atomic E-state index is 12.7. The van der Waals surface area contributed by atoms with E-state index in [0.29, 0.717) is 83.1 Å². The van der Waals surface area contributed by atoms with Gasteiger partial charge in [-0.05, 0) is 374 Å². The molecular formula is C89H38O10. The zero-order valence-electron chi connectivity index (χ0n) is 52.6. The van der Waals surface area contributed by atoms with Crippen LogP contribution in [0, 0.1) is 0 Å². The van der Waals surface area contributed by atoms with Crippen LogP contribution in [-0.4, -0.2) is 91.9 Å². The van der Waals surface area contributed by atoms with E-state index < -0.39 is 16.8 Å². The lowest BCUT2D eigenvalue weighted by Crippen LogP contribution is -2.56.